The van der Waals surface area contributed by atoms with E-state index in [1.807, 2.05) is 17.0 Å². The number of aromatic nitrogens is 2. The molecule has 0 radical (unpaired) electrons. The third-order valence-corrected chi connectivity index (χ3v) is 3.86. The predicted molar refractivity (Wildman–Crippen MR) is 81.1 cm³/mol. The van der Waals surface area contributed by atoms with Gasteiger partial charge in [0.1, 0.15) is 5.69 Å². The van der Waals surface area contributed by atoms with Gasteiger partial charge in [-0.05, 0) is 18.6 Å². The van der Waals surface area contributed by atoms with Crippen LogP contribution in [0, 0.1) is 0 Å². The van der Waals surface area contributed by atoms with Gasteiger partial charge in [0.25, 0.3) is 5.91 Å². The zero-order valence-corrected chi connectivity index (χ0v) is 12.2. The van der Waals surface area contributed by atoms with Gasteiger partial charge in [-0.1, -0.05) is 18.2 Å². The Morgan fingerprint density at radius 2 is 2.10 bits per heavy atom. The first-order valence-corrected chi connectivity index (χ1v) is 7.03. The molecule has 2 heterocycles. The standard InChI is InChI=1S/C16H18N4O/c1-12-10-19(2)15-6-4-3-5-13(15)11-20(12)16(21)14-9-17-7-8-18-14/h3-9,12H,10-11H2,1-2H3/t12-/m0/s1. The fourth-order valence-electron chi connectivity index (χ4n) is 2.78. The molecule has 5 heteroatoms. The molecule has 0 N–H and O–H groups in total. The Balaban J connectivity index is 1.95. The van der Waals surface area contributed by atoms with Crippen molar-refractivity contribution < 1.29 is 4.79 Å². The van der Waals surface area contributed by atoms with E-state index in [4.69, 9.17) is 0 Å². The molecule has 0 aliphatic carbocycles. The number of carbonyl (C=O) groups excluding carboxylic acids is 1. The van der Waals surface area contributed by atoms with Crippen LogP contribution < -0.4 is 4.90 Å². The lowest BCUT2D eigenvalue weighted by atomic mass is 10.1. The van der Waals surface area contributed by atoms with Crippen molar-refractivity contribution in [2.24, 2.45) is 0 Å². The number of nitrogens with zero attached hydrogens (tertiary/aromatic N) is 4. The maximum Gasteiger partial charge on any atom is 0.274 e. The van der Waals surface area contributed by atoms with Crippen molar-refractivity contribution in [1.29, 1.82) is 0 Å². The molecule has 1 aliphatic heterocycles. The van der Waals surface area contributed by atoms with Crippen molar-refractivity contribution in [1.82, 2.24) is 14.9 Å². The number of anilines is 1. The van der Waals surface area contributed by atoms with E-state index >= 15 is 0 Å². The van der Waals surface area contributed by atoms with Crippen LogP contribution in [0.25, 0.3) is 0 Å². The Bertz CT molecular complexity index is 644. The monoisotopic (exact) mass is 282 g/mol. The Kier molecular flexibility index (Phi) is 3.56. The summed E-state index contributed by atoms with van der Waals surface area (Å²) in [7, 11) is 2.06. The van der Waals surface area contributed by atoms with Crippen molar-refractivity contribution in [3.8, 4) is 0 Å². The number of carbonyl (C=O) groups is 1. The highest BCUT2D eigenvalue weighted by atomic mass is 16.2. The topological polar surface area (TPSA) is 49.3 Å². The van der Waals surface area contributed by atoms with Gasteiger partial charge in [-0.3, -0.25) is 9.78 Å². The van der Waals surface area contributed by atoms with Crippen LogP contribution in [0.4, 0.5) is 5.69 Å². The third-order valence-electron chi connectivity index (χ3n) is 3.86. The second kappa shape index (κ2) is 5.52. The number of rotatable bonds is 1. The first-order chi connectivity index (χ1) is 10.2. The molecule has 1 atom stereocenters. The first kappa shape index (κ1) is 13.5. The summed E-state index contributed by atoms with van der Waals surface area (Å²) in [5.74, 6) is -0.0688. The van der Waals surface area contributed by atoms with Crippen molar-refractivity contribution >= 4 is 11.6 Å². The molecule has 5 nitrogen and oxygen atoms in total. The molecule has 0 saturated heterocycles. The second-order valence-electron chi connectivity index (χ2n) is 5.38. The number of fused-ring (bicyclic) bond motifs is 1. The van der Waals surface area contributed by atoms with Crippen molar-refractivity contribution in [3.05, 3.63) is 54.1 Å². The van der Waals surface area contributed by atoms with Crippen LogP contribution >= 0.6 is 0 Å². The Morgan fingerprint density at radius 1 is 1.29 bits per heavy atom. The van der Waals surface area contributed by atoms with E-state index in [0.29, 0.717) is 12.2 Å². The second-order valence-corrected chi connectivity index (χ2v) is 5.38. The summed E-state index contributed by atoms with van der Waals surface area (Å²) in [6, 6.07) is 8.31. The van der Waals surface area contributed by atoms with Gasteiger partial charge in [-0.15, -0.1) is 0 Å². The minimum absolute atomic E-state index is 0.0688. The van der Waals surface area contributed by atoms with Crippen LogP contribution in [-0.4, -0.2) is 40.4 Å². The number of likely N-dealkylation sites (N-methyl/N-ethyl adjacent to an activating group) is 1. The number of para-hydroxylation sites is 1. The maximum absolute atomic E-state index is 12.7. The molecule has 21 heavy (non-hydrogen) atoms. The zero-order chi connectivity index (χ0) is 14.8. The molecular formula is C16H18N4O. The molecule has 108 valence electrons. The maximum atomic E-state index is 12.7. The van der Waals surface area contributed by atoms with E-state index in [2.05, 4.69) is 41.0 Å². The van der Waals surface area contributed by atoms with Gasteiger partial charge in [-0.25, -0.2) is 4.98 Å². The van der Waals surface area contributed by atoms with E-state index in [1.54, 1.807) is 12.4 Å². The van der Waals surface area contributed by atoms with Gasteiger partial charge in [0.15, 0.2) is 0 Å². The van der Waals surface area contributed by atoms with Crippen LogP contribution in [0.2, 0.25) is 0 Å². The van der Waals surface area contributed by atoms with E-state index in [1.165, 1.54) is 11.9 Å². The van der Waals surface area contributed by atoms with Gasteiger partial charge >= 0.3 is 0 Å². The van der Waals surface area contributed by atoms with E-state index in [0.717, 1.165) is 12.1 Å². The van der Waals surface area contributed by atoms with Crippen molar-refractivity contribution in [3.63, 3.8) is 0 Å². The van der Waals surface area contributed by atoms with E-state index in [-0.39, 0.29) is 11.9 Å². The van der Waals surface area contributed by atoms with Gasteiger partial charge in [0.2, 0.25) is 0 Å². The van der Waals surface area contributed by atoms with Gasteiger partial charge in [0, 0.05) is 44.3 Å². The molecule has 0 saturated carbocycles. The molecule has 3 rings (SSSR count). The minimum Gasteiger partial charge on any atom is -0.372 e. The summed E-state index contributed by atoms with van der Waals surface area (Å²) in [5.41, 5.74) is 2.73. The van der Waals surface area contributed by atoms with E-state index in [9.17, 15) is 4.79 Å². The summed E-state index contributed by atoms with van der Waals surface area (Å²) >= 11 is 0. The zero-order valence-electron chi connectivity index (χ0n) is 12.2. The predicted octanol–water partition coefficient (Wildman–Crippen LogP) is 1.96. The third kappa shape index (κ3) is 2.59. The average molecular weight is 282 g/mol. The highest BCUT2D eigenvalue weighted by Gasteiger charge is 2.28. The van der Waals surface area contributed by atoms with E-state index < -0.39 is 0 Å². The lowest BCUT2D eigenvalue weighted by Gasteiger charge is -2.28. The number of benzene rings is 1. The van der Waals surface area contributed by atoms with Crippen LogP contribution in [0.5, 0.6) is 0 Å². The fourth-order valence-corrected chi connectivity index (χ4v) is 2.78. The Hall–Kier alpha value is -2.43. The van der Waals surface area contributed by atoms with Crippen molar-refractivity contribution in [2.45, 2.75) is 19.5 Å². The Labute approximate surface area is 124 Å². The highest BCUT2D eigenvalue weighted by molar-refractivity contribution is 5.92. The lowest BCUT2D eigenvalue weighted by molar-refractivity contribution is 0.0680. The minimum atomic E-state index is -0.0688. The summed E-state index contributed by atoms with van der Waals surface area (Å²) < 4.78 is 0. The van der Waals surface area contributed by atoms with Gasteiger partial charge in [-0.2, -0.15) is 0 Å². The molecule has 1 aromatic heterocycles. The van der Waals surface area contributed by atoms with Crippen LogP contribution in [0.3, 0.4) is 0 Å². The summed E-state index contributed by atoms with van der Waals surface area (Å²) in [6.45, 7) is 3.46. The van der Waals surface area contributed by atoms with Gasteiger partial charge in [0.05, 0.1) is 6.20 Å². The molecule has 0 fully saturated rings. The normalized spacial score (nSPS) is 18.1. The lowest BCUT2D eigenvalue weighted by Crippen LogP contribution is -2.42. The Morgan fingerprint density at radius 3 is 2.86 bits per heavy atom. The molecule has 0 spiro atoms. The first-order valence-electron chi connectivity index (χ1n) is 7.03. The summed E-state index contributed by atoms with van der Waals surface area (Å²) in [4.78, 5) is 24.9. The highest BCUT2D eigenvalue weighted by Crippen LogP contribution is 2.26. The molecule has 1 aromatic carbocycles. The smallest absolute Gasteiger partial charge is 0.274 e. The molecule has 1 aliphatic rings. The molecule has 0 unspecified atom stereocenters. The average Bonchev–Trinajstić information content (AvgIpc) is 2.64. The number of amides is 1. The SMILES string of the molecule is C[C@H]1CN(C)c2ccccc2CN1C(=O)c1cnccn1. The van der Waals surface area contributed by atoms with Crippen LogP contribution in [0.1, 0.15) is 23.0 Å². The van der Waals surface area contributed by atoms with Gasteiger partial charge < -0.3 is 9.80 Å². The van der Waals surface area contributed by atoms with Crippen LogP contribution in [0.15, 0.2) is 42.9 Å². The fraction of sp³-hybridized carbons (Fsp3) is 0.312. The molecular weight excluding hydrogens is 264 g/mol. The number of hydrogen-bond donors (Lipinski definition) is 0. The number of hydrogen-bond acceptors (Lipinski definition) is 4. The molecule has 1 amide bonds. The molecule has 0 bridgehead atoms. The summed E-state index contributed by atoms with van der Waals surface area (Å²) in [6.07, 6.45) is 4.65. The van der Waals surface area contributed by atoms with Crippen LogP contribution in [-0.2, 0) is 6.54 Å². The quantitative estimate of drug-likeness (QED) is 0.802. The largest absolute Gasteiger partial charge is 0.372 e. The van der Waals surface area contributed by atoms with Crippen molar-refractivity contribution in [2.75, 3.05) is 18.5 Å². The summed E-state index contributed by atoms with van der Waals surface area (Å²) in [5, 5.41) is 0. The molecule has 2 aromatic rings.